The predicted octanol–water partition coefficient (Wildman–Crippen LogP) is 11.0. The molecule has 0 fully saturated rings. The van der Waals surface area contributed by atoms with Crippen LogP contribution in [0.15, 0.2) is 168 Å². The van der Waals surface area contributed by atoms with Crippen LogP contribution in [0.1, 0.15) is 22.8 Å². The van der Waals surface area contributed by atoms with Gasteiger partial charge in [-0.3, -0.25) is 0 Å². The summed E-state index contributed by atoms with van der Waals surface area (Å²) in [5.41, 5.74) is 10.9. The fourth-order valence-corrected chi connectivity index (χ4v) is 7.67. The van der Waals surface area contributed by atoms with Crippen LogP contribution in [0.4, 0.5) is 11.4 Å². The molecule has 50 heavy (non-hydrogen) atoms. The third kappa shape index (κ3) is 4.59. The molecule has 6 aromatic carbocycles. The molecule has 2 aromatic heterocycles. The minimum Gasteiger partial charge on any atom is -0.456 e. The van der Waals surface area contributed by atoms with Crippen molar-refractivity contribution in [2.45, 2.75) is 12.0 Å². The van der Waals surface area contributed by atoms with E-state index in [1.807, 2.05) is 66.7 Å². The minimum absolute atomic E-state index is 0.0476. The fourth-order valence-electron chi connectivity index (χ4n) is 7.67. The second-order valence-corrected chi connectivity index (χ2v) is 12.8. The standard InChI is InChI=1S/C45H30N4O/c1-4-13-29(14-5-1)30-23-25-33(26-24-30)49-36-21-11-10-19-34(36)40-37(49)27-28-39-42(40)41-35(20-12-22-38(41)50-39)45-47-43(31-15-6-2-7-16-31)46-44(48-45)32-17-8-3-9-18-32/h1-28,37,40H. The van der Waals surface area contributed by atoms with E-state index in [0.29, 0.717) is 17.5 Å². The van der Waals surface area contributed by atoms with E-state index in [9.17, 15) is 0 Å². The second-order valence-electron chi connectivity index (χ2n) is 12.8. The smallest absolute Gasteiger partial charge is 0.164 e. The average molecular weight is 643 g/mol. The molecule has 0 amide bonds. The van der Waals surface area contributed by atoms with Crippen LogP contribution < -0.4 is 4.90 Å². The van der Waals surface area contributed by atoms with E-state index in [1.165, 1.54) is 27.9 Å². The van der Waals surface area contributed by atoms with Crippen LogP contribution >= 0.6 is 0 Å². The molecule has 5 nitrogen and oxygen atoms in total. The molecule has 2 unspecified atom stereocenters. The maximum Gasteiger partial charge on any atom is 0.164 e. The molecule has 2 atom stereocenters. The van der Waals surface area contributed by atoms with E-state index in [4.69, 9.17) is 19.4 Å². The van der Waals surface area contributed by atoms with Crippen molar-refractivity contribution in [1.29, 1.82) is 0 Å². The highest BCUT2D eigenvalue weighted by atomic mass is 16.3. The lowest BCUT2D eigenvalue weighted by molar-refractivity contribution is 0.584. The Morgan fingerprint density at radius 1 is 0.500 bits per heavy atom. The Morgan fingerprint density at radius 2 is 1.08 bits per heavy atom. The van der Waals surface area contributed by atoms with Crippen molar-refractivity contribution in [3.8, 4) is 45.3 Å². The van der Waals surface area contributed by atoms with Gasteiger partial charge in [0.2, 0.25) is 0 Å². The largest absolute Gasteiger partial charge is 0.456 e. The van der Waals surface area contributed by atoms with Gasteiger partial charge in [-0.05, 0) is 47.0 Å². The summed E-state index contributed by atoms with van der Waals surface area (Å²) in [6.45, 7) is 0. The van der Waals surface area contributed by atoms with E-state index in [2.05, 4.69) is 108 Å². The Hall–Kier alpha value is -6.59. The summed E-state index contributed by atoms with van der Waals surface area (Å²) in [6, 6.07) is 54.7. The molecule has 0 saturated heterocycles. The number of hydrogen-bond donors (Lipinski definition) is 0. The topological polar surface area (TPSA) is 55.1 Å². The van der Waals surface area contributed by atoms with Crippen molar-refractivity contribution < 1.29 is 4.42 Å². The van der Waals surface area contributed by atoms with Gasteiger partial charge in [0.1, 0.15) is 11.3 Å². The van der Waals surface area contributed by atoms with Crippen LogP contribution in [0.25, 0.3) is 62.3 Å². The molecule has 0 saturated carbocycles. The number of rotatable bonds is 5. The third-order valence-electron chi connectivity index (χ3n) is 9.90. The van der Waals surface area contributed by atoms with Gasteiger partial charge in [-0.15, -0.1) is 0 Å². The Bertz CT molecular complexity index is 2480. The van der Waals surface area contributed by atoms with Crippen molar-refractivity contribution >= 4 is 28.4 Å². The Labute approximate surface area is 289 Å². The quantitative estimate of drug-likeness (QED) is 0.187. The highest BCUT2D eigenvalue weighted by Gasteiger charge is 2.43. The van der Waals surface area contributed by atoms with Crippen LogP contribution in [0.2, 0.25) is 0 Å². The molecule has 3 heterocycles. The first kappa shape index (κ1) is 28.4. The van der Waals surface area contributed by atoms with Crippen molar-refractivity contribution in [2.75, 3.05) is 4.90 Å². The number of aromatic nitrogens is 3. The summed E-state index contributed by atoms with van der Waals surface area (Å²) in [5, 5.41) is 1.04. The van der Waals surface area contributed by atoms with E-state index in [-0.39, 0.29) is 12.0 Å². The van der Waals surface area contributed by atoms with Crippen molar-refractivity contribution in [2.24, 2.45) is 0 Å². The Morgan fingerprint density at radius 3 is 1.76 bits per heavy atom. The SMILES string of the molecule is C1=CC2C(c3ccccc3N2c2ccc(-c3ccccc3)cc2)c2c1oc1cccc(-c3nc(-c4ccccc4)nc(-c4ccccc4)n3)c21. The van der Waals surface area contributed by atoms with Crippen LogP contribution in [0.3, 0.4) is 0 Å². The lowest BCUT2D eigenvalue weighted by Gasteiger charge is -2.30. The van der Waals surface area contributed by atoms with Crippen LogP contribution in [0, 0.1) is 0 Å². The maximum absolute atomic E-state index is 6.63. The van der Waals surface area contributed by atoms with Crippen molar-refractivity contribution in [1.82, 2.24) is 15.0 Å². The maximum atomic E-state index is 6.63. The first-order chi connectivity index (χ1) is 24.8. The summed E-state index contributed by atoms with van der Waals surface area (Å²) in [6.07, 6.45) is 4.44. The van der Waals surface area contributed by atoms with Crippen LogP contribution in [-0.2, 0) is 0 Å². The molecule has 1 aliphatic carbocycles. The number of hydrogen-bond acceptors (Lipinski definition) is 5. The zero-order chi connectivity index (χ0) is 33.0. The molecule has 5 heteroatoms. The fraction of sp³-hybridized carbons (Fsp3) is 0.0444. The van der Waals surface area contributed by atoms with Crippen molar-refractivity contribution in [3.05, 3.63) is 181 Å². The van der Waals surface area contributed by atoms with Gasteiger partial charge in [-0.2, -0.15) is 0 Å². The lowest BCUT2D eigenvalue weighted by Crippen LogP contribution is -2.30. The normalized spacial score (nSPS) is 15.9. The van der Waals surface area contributed by atoms with E-state index < -0.39 is 0 Å². The summed E-state index contributed by atoms with van der Waals surface area (Å²) < 4.78 is 6.63. The van der Waals surface area contributed by atoms with E-state index in [1.54, 1.807) is 0 Å². The molecule has 236 valence electrons. The zero-order valence-corrected chi connectivity index (χ0v) is 27.0. The Balaban J connectivity index is 1.14. The molecule has 1 aliphatic heterocycles. The van der Waals surface area contributed by atoms with Gasteiger partial charge in [0, 0.05) is 44.9 Å². The second kappa shape index (κ2) is 11.5. The molecule has 2 aliphatic rings. The van der Waals surface area contributed by atoms with Gasteiger partial charge < -0.3 is 9.32 Å². The molecule has 8 aromatic rings. The zero-order valence-electron chi connectivity index (χ0n) is 27.0. The van der Waals surface area contributed by atoms with Gasteiger partial charge in [-0.1, -0.05) is 140 Å². The highest BCUT2D eigenvalue weighted by Crippen LogP contribution is 2.54. The van der Waals surface area contributed by atoms with Gasteiger partial charge in [0.25, 0.3) is 0 Å². The third-order valence-corrected chi connectivity index (χ3v) is 9.90. The van der Waals surface area contributed by atoms with Crippen LogP contribution in [-0.4, -0.2) is 21.0 Å². The number of nitrogens with zero attached hydrogens (tertiary/aromatic N) is 4. The predicted molar refractivity (Wildman–Crippen MR) is 201 cm³/mol. The first-order valence-electron chi connectivity index (χ1n) is 16.9. The number of benzene rings is 6. The van der Waals surface area contributed by atoms with E-state index >= 15 is 0 Å². The number of furan rings is 1. The van der Waals surface area contributed by atoms with Crippen molar-refractivity contribution in [3.63, 3.8) is 0 Å². The molecule has 0 bridgehead atoms. The number of para-hydroxylation sites is 1. The summed E-state index contributed by atoms with van der Waals surface area (Å²) in [7, 11) is 0. The summed E-state index contributed by atoms with van der Waals surface area (Å²) >= 11 is 0. The average Bonchev–Trinajstić information content (AvgIpc) is 3.75. The van der Waals surface area contributed by atoms with Gasteiger partial charge in [-0.25, -0.2) is 15.0 Å². The van der Waals surface area contributed by atoms with Gasteiger partial charge in [0.05, 0.1) is 6.04 Å². The lowest BCUT2D eigenvalue weighted by atomic mass is 9.81. The van der Waals surface area contributed by atoms with Crippen LogP contribution in [0.5, 0.6) is 0 Å². The molecule has 10 rings (SSSR count). The summed E-state index contributed by atoms with van der Waals surface area (Å²) in [5.74, 6) is 2.82. The van der Waals surface area contributed by atoms with Gasteiger partial charge in [0.15, 0.2) is 17.5 Å². The van der Waals surface area contributed by atoms with E-state index in [0.717, 1.165) is 39.1 Å². The number of anilines is 2. The first-order valence-corrected chi connectivity index (χ1v) is 16.9. The molecular formula is C45H30N4O. The molecule has 0 spiro atoms. The highest BCUT2D eigenvalue weighted by molar-refractivity contribution is 5.99. The monoisotopic (exact) mass is 642 g/mol. The summed E-state index contributed by atoms with van der Waals surface area (Å²) in [4.78, 5) is 17.6. The number of fused-ring (bicyclic) bond motifs is 7. The van der Waals surface area contributed by atoms with Gasteiger partial charge >= 0.3 is 0 Å². The molecular weight excluding hydrogens is 613 g/mol. The molecule has 0 radical (unpaired) electrons. The Kier molecular flexibility index (Phi) is 6.56. The molecule has 0 N–H and O–H groups in total. The minimum atomic E-state index is 0.0476.